The van der Waals surface area contributed by atoms with Gasteiger partial charge in [-0.25, -0.2) is 4.79 Å². The zero-order valence-electron chi connectivity index (χ0n) is 17.0. The van der Waals surface area contributed by atoms with Gasteiger partial charge in [-0.05, 0) is 35.4 Å². The minimum Gasteiger partial charge on any atom is -0.497 e. The van der Waals surface area contributed by atoms with Crippen LogP contribution in [0, 0.1) is 0 Å². The van der Waals surface area contributed by atoms with Crippen LogP contribution >= 0.6 is 11.8 Å². The number of thioether (sulfide) groups is 1. The van der Waals surface area contributed by atoms with Crippen LogP contribution in [-0.2, 0) is 13.1 Å². The normalized spacial score (nSPS) is 10.8. The van der Waals surface area contributed by atoms with E-state index in [-0.39, 0.29) is 17.8 Å². The molecule has 0 saturated carbocycles. The van der Waals surface area contributed by atoms with E-state index in [4.69, 9.17) is 15.2 Å². The first-order chi connectivity index (χ1) is 14.5. The average Bonchev–Trinajstić information content (AvgIpc) is 2.78. The van der Waals surface area contributed by atoms with Crippen LogP contribution in [0.1, 0.15) is 11.1 Å². The van der Waals surface area contributed by atoms with Crippen molar-refractivity contribution in [2.45, 2.75) is 18.1 Å². The van der Waals surface area contributed by atoms with Crippen LogP contribution in [0.2, 0.25) is 0 Å². The van der Waals surface area contributed by atoms with Crippen molar-refractivity contribution in [2.24, 2.45) is 5.73 Å². The smallest absolute Gasteiger partial charge is 0.332 e. The summed E-state index contributed by atoms with van der Waals surface area (Å²) in [6.07, 6.45) is 0. The topological polar surface area (TPSA) is 88.5 Å². The molecule has 30 heavy (non-hydrogen) atoms. The third-order valence-corrected chi connectivity index (χ3v) is 5.68. The Morgan fingerprint density at radius 2 is 1.33 bits per heavy atom. The fraction of sp³-hybridized carbons (Fsp3) is 0.273. The number of hydrogen-bond acceptors (Lipinski definition) is 6. The number of methoxy groups -OCH3 is 2. The van der Waals surface area contributed by atoms with Gasteiger partial charge in [0.2, 0.25) is 0 Å². The Balaban J connectivity index is 1.99. The van der Waals surface area contributed by atoms with Gasteiger partial charge < -0.3 is 15.2 Å². The summed E-state index contributed by atoms with van der Waals surface area (Å²) in [5.41, 5.74) is 6.72. The largest absolute Gasteiger partial charge is 0.497 e. The first-order valence-electron chi connectivity index (χ1n) is 9.49. The van der Waals surface area contributed by atoms with Gasteiger partial charge in [0.1, 0.15) is 11.5 Å². The summed E-state index contributed by atoms with van der Waals surface area (Å²) in [6.45, 7) is 0.987. The predicted molar refractivity (Wildman–Crippen MR) is 119 cm³/mol. The highest BCUT2D eigenvalue weighted by atomic mass is 32.2. The Labute approximate surface area is 179 Å². The number of rotatable bonds is 9. The van der Waals surface area contributed by atoms with E-state index in [0.29, 0.717) is 23.9 Å². The van der Waals surface area contributed by atoms with Gasteiger partial charge in [0.15, 0.2) is 0 Å². The van der Waals surface area contributed by atoms with E-state index in [1.807, 2.05) is 48.5 Å². The molecule has 158 valence electrons. The molecule has 2 N–H and O–H groups in total. The second-order valence-corrected chi connectivity index (χ2v) is 7.72. The molecule has 3 rings (SSSR count). The number of nitrogens with two attached hydrogens (primary N) is 1. The molecule has 0 saturated heterocycles. The molecule has 2 aromatic carbocycles. The number of hydrogen-bond donors (Lipinski definition) is 1. The second kappa shape index (κ2) is 10.2. The minimum absolute atomic E-state index is 0.187. The van der Waals surface area contributed by atoms with E-state index in [2.05, 4.69) is 0 Å². The van der Waals surface area contributed by atoms with Crippen LogP contribution in [-0.4, -0.2) is 35.7 Å². The lowest BCUT2D eigenvalue weighted by Gasteiger charge is -2.15. The maximum atomic E-state index is 13.3. The molecule has 0 aliphatic carbocycles. The molecular weight excluding hydrogens is 402 g/mol. The van der Waals surface area contributed by atoms with Crippen molar-refractivity contribution in [2.75, 3.05) is 26.5 Å². The van der Waals surface area contributed by atoms with Crippen molar-refractivity contribution in [1.82, 2.24) is 9.13 Å². The molecule has 1 heterocycles. The summed E-state index contributed by atoms with van der Waals surface area (Å²) in [6, 6.07) is 16.3. The van der Waals surface area contributed by atoms with Gasteiger partial charge in [-0.2, -0.15) is 0 Å². The number of ether oxygens (including phenoxy) is 2. The standard InChI is InChI=1S/C22H25N3O4S/c1-28-18-7-3-16(4-8-18)14-24-20(26)13-21(30-12-11-23)25(22(24)27)15-17-5-9-19(29-2)10-6-17/h3-10,13H,11-12,14-15,23H2,1-2H3. The highest BCUT2D eigenvalue weighted by Crippen LogP contribution is 2.18. The fourth-order valence-corrected chi connectivity index (χ4v) is 3.81. The van der Waals surface area contributed by atoms with Crippen molar-refractivity contribution in [3.8, 4) is 11.5 Å². The Hall–Kier alpha value is -2.97. The molecule has 7 nitrogen and oxygen atoms in total. The van der Waals surface area contributed by atoms with Crippen molar-refractivity contribution >= 4 is 11.8 Å². The SMILES string of the molecule is COc1ccc(Cn2c(SCCN)cc(=O)n(Cc3ccc(OC)cc3)c2=O)cc1. The first kappa shape index (κ1) is 21.7. The third kappa shape index (κ3) is 5.14. The Morgan fingerprint density at radius 1 is 0.833 bits per heavy atom. The molecular formula is C22H25N3O4S. The molecule has 0 amide bonds. The lowest BCUT2D eigenvalue weighted by molar-refractivity contribution is 0.414. The van der Waals surface area contributed by atoms with Crippen LogP contribution in [0.5, 0.6) is 11.5 Å². The van der Waals surface area contributed by atoms with Crippen LogP contribution in [0.3, 0.4) is 0 Å². The highest BCUT2D eigenvalue weighted by molar-refractivity contribution is 7.99. The lowest BCUT2D eigenvalue weighted by atomic mass is 10.2. The van der Waals surface area contributed by atoms with E-state index >= 15 is 0 Å². The van der Waals surface area contributed by atoms with Crippen molar-refractivity contribution in [3.05, 3.63) is 86.6 Å². The highest BCUT2D eigenvalue weighted by Gasteiger charge is 2.13. The zero-order valence-corrected chi connectivity index (χ0v) is 17.9. The number of nitrogens with zero attached hydrogens (tertiary/aromatic N) is 2. The molecule has 0 aliphatic heterocycles. The monoisotopic (exact) mass is 427 g/mol. The molecule has 3 aromatic rings. The zero-order chi connectivity index (χ0) is 21.5. The van der Waals surface area contributed by atoms with Crippen LogP contribution in [0.15, 0.2) is 69.2 Å². The summed E-state index contributed by atoms with van der Waals surface area (Å²) in [5, 5.41) is 0.609. The molecule has 0 atom stereocenters. The summed E-state index contributed by atoms with van der Waals surface area (Å²) in [7, 11) is 3.20. The lowest BCUT2D eigenvalue weighted by Crippen LogP contribution is -2.40. The van der Waals surface area contributed by atoms with E-state index in [9.17, 15) is 9.59 Å². The van der Waals surface area contributed by atoms with Crippen molar-refractivity contribution in [1.29, 1.82) is 0 Å². The van der Waals surface area contributed by atoms with E-state index in [1.165, 1.54) is 22.4 Å². The third-order valence-electron chi connectivity index (χ3n) is 4.61. The van der Waals surface area contributed by atoms with E-state index < -0.39 is 0 Å². The predicted octanol–water partition coefficient (Wildman–Crippen LogP) is 2.17. The Bertz CT molecular complexity index is 1090. The summed E-state index contributed by atoms with van der Waals surface area (Å²) < 4.78 is 13.2. The van der Waals surface area contributed by atoms with Gasteiger partial charge in [-0.3, -0.25) is 13.9 Å². The summed E-state index contributed by atoms with van der Waals surface area (Å²) in [4.78, 5) is 26.0. The number of benzene rings is 2. The molecule has 0 aliphatic rings. The van der Waals surface area contributed by atoms with Crippen LogP contribution in [0.4, 0.5) is 0 Å². The minimum atomic E-state index is -0.353. The van der Waals surface area contributed by atoms with Crippen LogP contribution < -0.4 is 26.5 Å². The Kier molecular flexibility index (Phi) is 7.37. The van der Waals surface area contributed by atoms with Gasteiger partial charge in [0.05, 0.1) is 32.3 Å². The molecule has 0 radical (unpaired) electrons. The summed E-state index contributed by atoms with van der Waals surface area (Å²) in [5.74, 6) is 2.08. The Morgan fingerprint density at radius 3 is 1.80 bits per heavy atom. The summed E-state index contributed by atoms with van der Waals surface area (Å²) >= 11 is 1.41. The van der Waals surface area contributed by atoms with Crippen molar-refractivity contribution in [3.63, 3.8) is 0 Å². The maximum absolute atomic E-state index is 13.3. The second-order valence-electron chi connectivity index (χ2n) is 6.61. The quantitative estimate of drug-likeness (QED) is 0.416. The molecule has 0 unspecified atom stereocenters. The van der Waals surface area contributed by atoms with Gasteiger partial charge in [-0.1, -0.05) is 24.3 Å². The molecule has 8 heteroatoms. The molecule has 0 bridgehead atoms. The van der Waals surface area contributed by atoms with Gasteiger partial charge in [0, 0.05) is 18.4 Å². The van der Waals surface area contributed by atoms with Gasteiger partial charge >= 0.3 is 5.69 Å². The molecule has 0 spiro atoms. The van der Waals surface area contributed by atoms with Gasteiger partial charge in [0.25, 0.3) is 5.56 Å². The molecule has 0 fully saturated rings. The number of aromatic nitrogens is 2. The maximum Gasteiger partial charge on any atom is 0.332 e. The van der Waals surface area contributed by atoms with Crippen LogP contribution in [0.25, 0.3) is 0 Å². The fourth-order valence-electron chi connectivity index (χ4n) is 3.00. The average molecular weight is 428 g/mol. The van der Waals surface area contributed by atoms with E-state index in [0.717, 1.165) is 22.6 Å². The van der Waals surface area contributed by atoms with E-state index in [1.54, 1.807) is 18.8 Å². The van der Waals surface area contributed by atoms with Crippen molar-refractivity contribution < 1.29 is 9.47 Å². The first-order valence-corrected chi connectivity index (χ1v) is 10.5. The van der Waals surface area contributed by atoms with Gasteiger partial charge in [-0.15, -0.1) is 11.8 Å². The molecule has 1 aromatic heterocycles.